The number of anilines is 1. The molecule has 166 valence electrons. The third-order valence-corrected chi connectivity index (χ3v) is 5.77. The minimum Gasteiger partial charge on any atom is -0.494 e. The lowest BCUT2D eigenvalue weighted by atomic mass is 10.3. The van der Waals surface area contributed by atoms with Crippen LogP contribution in [0.25, 0.3) is 10.2 Å². The maximum absolute atomic E-state index is 13.1. The highest BCUT2D eigenvalue weighted by molar-refractivity contribution is 7.22. The van der Waals surface area contributed by atoms with Gasteiger partial charge in [0.25, 0.3) is 5.91 Å². The fourth-order valence-corrected chi connectivity index (χ4v) is 4.21. The molecule has 4 aromatic rings. The zero-order chi connectivity index (χ0) is 22.3. The van der Waals surface area contributed by atoms with Gasteiger partial charge in [0.15, 0.2) is 11.7 Å². The monoisotopic (exact) mass is 454 g/mol. The molecule has 32 heavy (non-hydrogen) atoms. The lowest BCUT2D eigenvalue weighted by Crippen LogP contribution is -2.36. The van der Waals surface area contributed by atoms with Crippen molar-refractivity contribution < 1.29 is 18.7 Å². The normalized spacial score (nSPS) is 10.9. The van der Waals surface area contributed by atoms with Gasteiger partial charge in [-0.15, -0.1) is 0 Å². The molecule has 0 spiro atoms. The Morgan fingerprint density at radius 3 is 2.72 bits per heavy atom. The Morgan fingerprint density at radius 2 is 1.97 bits per heavy atom. The SMILES string of the molecule is CCOc1ccc2nc(N(CCCn3ccnc3)C(=O)COc3ccc(F)cc3)sc2c1. The molecule has 7 nitrogen and oxygen atoms in total. The summed E-state index contributed by atoms with van der Waals surface area (Å²) in [6.45, 7) is 3.54. The van der Waals surface area contributed by atoms with Crippen molar-refractivity contribution in [3.63, 3.8) is 0 Å². The van der Waals surface area contributed by atoms with Gasteiger partial charge >= 0.3 is 0 Å². The summed E-state index contributed by atoms with van der Waals surface area (Å²) < 4.78 is 27.2. The Bertz CT molecular complexity index is 1160. The zero-order valence-electron chi connectivity index (χ0n) is 17.6. The summed E-state index contributed by atoms with van der Waals surface area (Å²) in [4.78, 5) is 23.4. The molecule has 0 aliphatic carbocycles. The van der Waals surface area contributed by atoms with Crippen LogP contribution in [-0.2, 0) is 11.3 Å². The molecule has 2 heterocycles. The zero-order valence-corrected chi connectivity index (χ0v) is 18.4. The summed E-state index contributed by atoms with van der Waals surface area (Å²) >= 11 is 1.43. The number of hydrogen-bond donors (Lipinski definition) is 0. The molecule has 2 aromatic carbocycles. The standard InChI is InChI=1S/C23H23FN4O3S/c1-2-30-19-8-9-20-21(14-19)32-23(26-20)28(12-3-11-27-13-10-25-16-27)22(29)15-31-18-6-4-17(24)5-7-18/h4-10,13-14,16H,2-3,11-12,15H2,1H3. The Hall–Kier alpha value is -3.46. The number of hydrogen-bond acceptors (Lipinski definition) is 6. The smallest absolute Gasteiger partial charge is 0.266 e. The number of carbonyl (C=O) groups is 1. The van der Waals surface area contributed by atoms with Crippen LogP contribution in [-0.4, -0.2) is 40.2 Å². The highest BCUT2D eigenvalue weighted by Crippen LogP contribution is 2.32. The van der Waals surface area contributed by atoms with Crippen molar-refractivity contribution in [3.05, 3.63) is 67.0 Å². The van der Waals surface area contributed by atoms with Crippen LogP contribution in [0.4, 0.5) is 9.52 Å². The first kappa shape index (κ1) is 21.8. The van der Waals surface area contributed by atoms with Gasteiger partial charge in [-0.1, -0.05) is 11.3 Å². The van der Waals surface area contributed by atoms with Crippen LogP contribution in [0, 0.1) is 5.82 Å². The maximum atomic E-state index is 13.1. The summed E-state index contributed by atoms with van der Waals surface area (Å²) in [5.74, 6) is 0.631. The number of rotatable bonds is 10. The summed E-state index contributed by atoms with van der Waals surface area (Å²) in [5, 5.41) is 0.604. The van der Waals surface area contributed by atoms with Gasteiger partial charge in [0.05, 0.1) is 23.2 Å². The fourth-order valence-electron chi connectivity index (χ4n) is 3.18. The summed E-state index contributed by atoms with van der Waals surface area (Å²) in [7, 11) is 0. The number of thiazole rings is 1. The number of fused-ring (bicyclic) bond motifs is 1. The third kappa shape index (κ3) is 5.42. The topological polar surface area (TPSA) is 69.5 Å². The molecule has 0 saturated heterocycles. The molecule has 0 N–H and O–H groups in total. The van der Waals surface area contributed by atoms with E-state index in [1.165, 1.54) is 35.6 Å². The Kier molecular flexibility index (Phi) is 6.96. The number of nitrogens with zero attached hydrogens (tertiary/aromatic N) is 4. The Labute approximate surface area is 189 Å². The second-order valence-corrected chi connectivity index (χ2v) is 8.01. The lowest BCUT2D eigenvalue weighted by molar-refractivity contribution is -0.120. The minimum absolute atomic E-state index is 0.170. The van der Waals surface area contributed by atoms with Crippen molar-refractivity contribution in [3.8, 4) is 11.5 Å². The molecule has 0 aliphatic rings. The van der Waals surface area contributed by atoms with Crippen LogP contribution in [0.3, 0.4) is 0 Å². The van der Waals surface area contributed by atoms with E-state index in [-0.39, 0.29) is 18.3 Å². The number of benzene rings is 2. The first-order valence-electron chi connectivity index (χ1n) is 10.3. The van der Waals surface area contributed by atoms with Crippen LogP contribution in [0.15, 0.2) is 61.2 Å². The molecule has 0 radical (unpaired) electrons. The molecule has 0 bridgehead atoms. The second kappa shape index (κ2) is 10.2. The quantitative estimate of drug-likeness (QED) is 0.352. The molecule has 2 aromatic heterocycles. The van der Waals surface area contributed by atoms with E-state index in [1.54, 1.807) is 17.4 Å². The molecule has 0 fully saturated rings. The van der Waals surface area contributed by atoms with E-state index in [0.717, 1.165) is 28.9 Å². The summed E-state index contributed by atoms with van der Waals surface area (Å²) in [5.41, 5.74) is 0.806. The largest absolute Gasteiger partial charge is 0.494 e. The average molecular weight is 455 g/mol. The third-order valence-electron chi connectivity index (χ3n) is 4.72. The van der Waals surface area contributed by atoms with E-state index < -0.39 is 0 Å². The molecule has 0 atom stereocenters. The van der Waals surface area contributed by atoms with Gasteiger partial charge < -0.3 is 14.0 Å². The first-order valence-corrected chi connectivity index (χ1v) is 11.1. The van der Waals surface area contributed by atoms with Crippen molar-refractivity contribution in [2.75, 3.05) is 24.7 Å². The Morgan fingerprint density at radius 1 is 1.16 bits per heavy atom. The van der Waals surface area contributed by atoms with E-state index in [1.807, 2.05) is 35.9 Å². The van der Waals surface area contributed by atoms with Gasteiger partial charge in [-0.05, 0) is 55.8 Å². The van der Waals surface area contributed by atoms with Crippen molar-refractivity contribution in [2.45, 2.75) is 19.9 Å². The van der Waals surface area contributed by atoms with E-state index in [2.05, 4.69) is 9.97 Å². The van der Waals surface area contributed by atoms with Crippen LogP contribution < -0.4 is 14.4 Å². The molecule has 0 aliphatic heterocycles. The molecular weight excluding hydrogens is 431 g/mol. The summed E-state index contributed by atoms with van der Waals surface area (Å²) in [6.07, 6.45) is 6.08. The number of aromatic nitrogens is 3. The van der Waals surface area contributed by atoms with Gasteiger partial charge in [-0.25, -0.2) is 14.4 Å². The van der Waals surface area contributed by atoms with Crippen molar-refractivity contribution >= 4 is 32.6 Å². The Balaban J connectivity index is 1.51. The second-order valence-electron chi connectivity index (χ2n) is 7.00. The number of carbonyl (C=O) groups excluding carboxylic acids is 1. The fraction of sp³-hybridized carbons (Fsp3) is 0.261. The molecule has 4 rings (SSSR count). The molecule has 9 heteroatoms. The number of halogens is 1. The van der Waals surface area contributed by atoms with E-state index in [9.17, 15) is 9.18 Å². The van der Waals surface area contributed by atoms with Gasteiger partial charge in [0.2, 0.25) is 0 Å². The van der Waals surface area contributed by atoms with E-state index in [4.69, 9.17) is 9.47 Å². The average Bonchev–Trinajstić information content (AvgIpc) is 3.46. The van der Waals surface area contributed by atoms with Crippen LogP contribution in [0.2, 0.25) is 0 Å². The van der Waals surface area contributed by atoms with Crippen molar-refractivity contribution in [1.82, 2.24) is 14.5 Å². The van der Waals surface area contributed by atoms with Gasteiger partial charge in [0.1, 0.15) is 17.3 Å². The predicted octanol–water partition coefficient (Wildman–Crippen LogP) is 4.53. The molecular formula is C23H23FN4O3S. The number of amides is 1. The molecule has 0 saturated carbocycles. The predicted molar refractivity (Wildman–Crippen MR) is 122 cm³/mol. The van der Waals surface area contributed by atoms with E-state index >= 15 is 0 Å². The lowest BCUT2D eigenvalue weighted by Gasteiger charge is -2.20. The minimum atomic E-state index is -0.356. The number of aryl methyl sites for hydroxylation is 1. The van der Waals surface area contributed by atoms with Gasteiger partial charge in [-0.2, -0.15) is 0 Å². The number of imidazole rings is 1. The molecule has 1 amide bonds. The molecule has 0 unspecified atom stereocenters. The first-order chi connectivity index (χ1) is 15.6. The number of ether oxygens (including phenoxy) is 2. The van der Waals surface area contributed by atoms with Crippen molar-refractivity contribution in [2.24, 2.45) is 0 Å². The van der Waals surface area contributed by atoms with E-state index in [0.29, 0.717) is 24.0 Å². The van der Waals surface area contributed by atoms with Crippen LogP contribution >= 0.6 is 11.3 Å². The van der Waals surface area contributed by atoms with Crippen LogP contribution in [0.1, 0.15) is 13.3 Å². The van der Waals surface area contributed by atoms with Crippen LogP contribution in [0.5, 0.6) is 11.5 Å². The highest BCUT2D eigenvalue weighted by atomic mass is 32.1. The highest BCUT2D eigenvalue weighted by Gasteiger charge is 2.20. The van der Waals surface area contributed by atoms with Gasteiger partial charge in [0, 0.05) is 25.5 Å². The van der Waals surface area contributed by atoms with Crippen molar-refractivity contribution in [1.29, 1.82) is 0 Å². The maximum Gasteiger partial charge on any atom is 0.266 e. The summed E-state index contributed by atoms with van der Waals surface area (Å²) in [6, 6.07) is 11.3. The van der Waals surface area contributed by atoms with Gasteiger partial charge in [-0.3, -0.25) is 9.69 Å².